The van der Waals surface area contributed by atoms with Crippen LogP contribution in [0.25, 0.3) is 22.5 Å². The number of rotatable bonds is 11. The van der Waals surface area contributed by atoms with E-state index in [9.17, 15) is 14.4 Å². The van der Waals surface area contributed by atoms with E-state index < -0.39 is 11.9 Å². The van der Waals surface area contributed by atoms with Crippen molar-refractivity contribution in [1.82, 2.24) is 36.2 Å². The van der Waals surface area contributed by atoms with Gasteiger partial charge in [-0.3, -0.25) is 19.3 Å². The lowest BCUT2D eigenvalue weighted by Gasteiger charge is -2.35. The molecule has 51 heavy (non-hydrogen) atoms. The predicted molar refractivity (Wildman–Crippen MR) is 198 cm³/mol. The highest BCUT2D eigenvalue weighted by atomic mass is 35.5. The van der Waals surface area contributed by atoms with Gasteiger partial charge in [-0.2, -0.15) is 5.21 Å². The number of nitrogens with one attached hydrogen (secondary N) is 3. The molecule has 1 saturated carbocycles. The van der Waals surface area contributed by atoms with Gasteiger partial charge in [0.25, 0.3) is 5.91 Å². The molecule has 3 atom stereocenters. The highest BCUT2D eigenvalue weighted by molar-refractivity contribution is 6.02. The molecule has 2 aromatic carbocycles. The summed E-state index contributed by atoms with van der Waals surface area (Å²) in [6, 6.07) is 18.3. The number of hydrogen-bond acceptors (Lipinski definition) is 9. The van der Waals surface area contributed by atoms with Crippen LogP contribution < -0.4 is 27.0 Å². The number of aromatic nitrogens is 5. The molecule has 2 aliphatic rings. The van der Waals surface area contributed by atoms with Crippen molar-refractivity contribution in [3.05, 3.63) is 77.6 Å². The van der Waals surface area contributed by atoms with Crippen LogP contribution in [0.1, 0.15) is 67.2 Å². The molecule has 1 saturated heterocycles. The van der Waals surface area contributed by atoms with Crippen LogP contribution >= 0.6 is 12.4 Å². The minimum Gasteiger partial charge on any atom is -0.368 e. The molecule has 1 aliphatic heterocycles. The summed E-state index contributed by atoms with van der Waals surface area (Å²) < 4.78 is 0. The Morgan fingerprint density at radius 1 is 0.961 bits per heavy atom. The number of nitrogens with two attached hydrogens (primary N) is 2. The van der Waals surface area contributed by atoms with Crippen molar-refractivity contribution in [3.8, 4) is 22.5 Å². The maximum atomic E-state index is 14.2. The van der Waals surface area contributed by atoms with Gasteiger partial charge in [0.15, 0.2) is 0 Å². The first-order valence-corrected chi connectivity index (χ1v) is 17.5. The highest BCUT2D eigenvalue weighted by Gasteiger charge is 2.36. The van der Waals surface area contributed by atoms with E-state index in [2.05, 4.69) is 43.2 Å². The summed E-state index contributed by atoms with van der Waals surface area (Å²) in [5.41, 5.74) is 17.1. The Morgan fingerprint density at radius 3 is 2.27 bits per heavy atom. The first-order valence-electron chi connectivity index (χ1n) is 17.5. The van der Waals surface area contributed by atoms with Crippen LogP contribution in [0.5, 0.6) is 0 Å². The maximum Gasteiger partial charge on any atom is 0.270 e. The number of halogens is 1. The summed E-state index contributed by atoms with van der Waals surface area (Å²) in [6.07, 6.45) is 5.19. The summed E-state index contributed by atoms with van der Waals surface area (Å²) in [4.78, 5) is 46.5. The largest absolute Gasteiger partial charge is 0.368 e. The van der Waals surface area contributed by atoms with E-state index in [1.54, 1.807) is 35.2 Å². The number of anilines is 1. The number of primary amides is 1. The van der Waals surface area contributed by atoms with Gasteiger partial charge in [0.1, 0.15) is 11.7 Å². The third-order valence-electron chi connectivity index (χ3n) is 10.1. The van der Waals surface area contributed by atoms with Crippen LogP contribution in [0.2, 0.25) is 0 Å². The molecule has 2 aromatic heterocycles. The molecule has 13 nitrogen and oxygen atoms in total. The zero-order valence-corrected chi connectivity index (χ0v) is 29.9. The maximum absolute atomic E-state index is 14.2. The molecule has 0 unspecified atom stereocenters. The van der Waals surface area contributed by atoms with Crippen molar-refractivity contribution in [2.45, 2.75) is 76.9 Å². The number of aromatic amines is 1. The molecule has 7 N–H and O–H groups in total. The number of nitrogens with zero attached hydrogens (tertiary/aromatic N) is 5. The van der Waals surface area contributed by atoms with Gasteiger partial charge in [-0.15, -0.1) is 22.6 Å². The van der Waals surface area contributed by atoms with Crippen LogP contribution in [0.15, 0.2) is 60.7 Å². The fourth-order valence-corrected chi connectivity index (χ4v) is 7.24. The Morgan fingerprint density at radius 2 is 1.67 bits per heavy atom. The van der Waals surface area contributed by atoms with E-state index in [1.165, 1.54) is 0 Å². The summed E-state index contributed by atoms with van der Waals surface area (Å²) in [5.74, 6) is -0.272. The van der Waals surface area contributed by atoms with Crippen molar-refractivity contribution in [2.24, 2.45) is 23.3 Å². The number of hydrogen-bond donors (Lipinski definition) is 5. The van der Waals surface area contributed by atoms with Gasteiger partial charge in [0.05, 0.1) is 0 Å². The van der Waals surface area contributed by atoms with Crippen LogP contribution in [0.4, 0.5) is 5.69 Å². The second kappa shape index (κ2) is 17.0. The smallest absolute Gasteiger partial charge is 0.270 e. The second-order valence-corrected chi connectivity index (χ2v) is 13.6. The lowest BCUT2D eigenvalue weighted by Crippen LogP contribution is -2.52. The quantitative estimate of drug-likeness (QED) is 0.154. The van der Waals surface area contributed by atoms with Gasteiger partial charge >= 0.3 is 0 Å². The normalized spacial score (nSPS) is 20.8. The number of pyridine rings is 1. The molecule has 270 valence electrons. The summed E-state index contributed by atoms with van der Waals surface area (Å²) >= 11 is 0. The zero-order valence-electron chi connectivity index (χ0n) is 29.0. The van der Waals surface area contributed by atoms with Crippen molar-refractivity contribution < 1.29 is 14.4 Å². The SMILES string of the molecule is Cc1nc(C(=O)N[C@@H]2CCN[C@H](C)C2)ccc1-c1ccc(C[C@@H](C(N)=O)N(c2ccc(-c3nn[nH]n3)cc2)C(=O)[C@H]2CC[C@H](CN)CC2)cc1.Cl. The van der Waals surface area contributed by atoms with E-state index >= 15 is 0 Å². The first-order chi connectivity index (χ1) is 24.2. The van der Waals surface area contributed by atoms with E-state index in [-0.39, 0.29) is 42.6 Å². The summed E-state index contributed by atoms with van der Waals surface area (Å²) in [6.45, 7) is 5.51. The number of H-pyrrole nitrogens is 1. The van der Waals surface area contributed by atoms with Crippen LogP contribution in [-0.2, 0) is 16.0 Å². The van der Waals surface area contributed by atoms with Gasteiger partial charge in [-0.05, 0) is 118 Å². The Bertz CT molecular complexity index is 1780. The average Bonchev–Trinajstić information content (AvgIpc) is 3.67. The van der Waals surface area contributed by atoms with Crippen LogP contribution in [0.3, 0.4) is 0 Å². The van der Waals surface area contributed by atoms with Gasteiger partial charge in [0, 0.05) is 46.9 Å². The third kappa shape index (κ3) is 8.96. The number of aryl methyl sites for hydroxylation is 1. The molecule has 6 rings (SSSR count). The number of tetrazole rings is 1. The van der Waals surface area contributed by atoms with Gasteiger partial charge in [-0.1, -0.05) is 30.3 Å². The van der Waals surface area contributed by atoms with Crippen molar-refractivity contribution in [2.75, 3.05) is 18.0 Å². The summed E-state index contributed by atoms with van der Waals surface area (Å²) in [5, 5.41) is 20.7. The lowest BCUT2D eigenvalue weighted by molar-refractivity contribution is -0.127. The van der Waals surface area contributed by atoms with E-state index in [0.29, 0.717) is 48.6 Å². The second-order valence-electron chi connectivity index (χ2n) is 13.6. The van der Waals surface area contributed by atoms with E-state index in [1.807, 2.05) is 37.3 Å². The molecular formula is C37H47ClN10O3. The van der Waals surface area contributed by atoms with Gasteiger partial charge in [0.2, 0.25) is 17.6 Å². The topological polar surface area (TPSA) is 198 Å². The van der Waals surface area contributed by atoms with Gasteiger partial charge in [-0.25, -0.2) is 4.98 Å². The molecule has 0 radical (unpaired) electrons. The molecule has 0 spiro atoms. The first kappa shape index (κ1) is 37.5. The Labute approximate surface area is 304 Å². The minimum atomic E-state index is -0.916. The van der Waals surface area contributed by atoms with Crippen molar-refractivity contribution >= 4 is 35.8 Å². The Balaban J connectivity index is 0.00000504. The number of benzene rings is 2. The van der Waals surface area contributed by atoms with Crippen LogP contribution in [0, 0.1) is 18.8 Å². The van der Waals surface area contributed by atoms with Crippen molar-refractivity contribution in [3.63, 3.8) is 0 Å². The number of piperidine rings is 1. The third-order valence-corrected chi connectivity index (χ3v) is 10.1. The highest BCUT2D eigenvalue weighted by Crippen LogP contribution is 2.33. The molecule has 4 aromatic rings. The zero-order chi connectivity index (χ0) is 35.2. The monoisotopic (exact) mass is 714 g/mol. The fraction of sp³-hybridized carbons (Fsp3) is 0.432. The number of carbonyl (C=O) groups is 3. The molecule has 2 fully saturated rings. The molecule has 14 heteroatoms. The van der Waals surface area contributed by atoms with Crippen molar-refractivity contribution in [1.29, 1.82) is 0 Å². The molecule has 1 aliphatic carbocycles. The standard InChI is InChI=1S/C37H46N10O3.ClH/c1-22-19-29(17-18-40-22)42-36(49)32-16-15-31(23(2)41-32)26-7-3-24(4-8-26)20-33(34(39)48)47(37(50)28-9-5-25(21-38)6-10-28)30-13-11-27(12-14-30)35-43-45-46-44-35;/h3-4,7-8,11-16,22,25,28-29,33,40H,5-6,9-10,17-21,38H2,1-2H3,(H2,39,48)(H,42,49)(H,43,44,45,46);1H/t22-,25-,28-,29-,33+;/m1./s1. The van der Waals surface area contributed by atoms with E-state index in [0.717, 1.165) is 60.2 Å². The fourth-order valence-electron chi connectivity index (χ4n) is 7.24. The van der Waals surface area contributed by atoms with Gasteiger partial charge < -0.3 is 22.1 Å². The van der Waals surface area contributed by atoms with E-state index in [4.69, 9.17) is 11.5 Å². The molecule has 3 amide bonds. The molecule has 3 heterocycles. The number of amides is 3. The molecular weight excluding hydrogens is 668 g/mol. The average molecular weight is 715 g/mol. The van der Waals surface area contributed by atoms with Crippen LogP contribution in [-0.4, -0.2) is 74.5 Å². The summed E-state index contributed by atoms with van der Waals surface area (Å²) in [7, 11) is 0. The lowest BCUT2D eigenvalue weighted by atomic mass is 9.81. The minimum absolute atomic E-state index is 0. The molecule has 0 bridgehead atoms. The number of carbonyl (C=O) groups excluding carboxylic acids is 3. The Hall–Kier alpha value is -4.72. The Kier molecular flexibility index (Phi) is 12.5. The predicted octanol–water partition coefficient (Wildman–Crippen LogP) is 3.72.